The molecule has 0 atom stereocenters. The molecular formula is C25H19F2N5O2S. The van der Waals surface area contributed by atoms with Gasteiger partial charge in [-0.2, -0.15) is 14.4 Å². The highest BCUT2D eigenvalue weighted by atomic mass is 32.2. The summed E-state index contributed by atoms with van der Waals surface area (Å²) in [5.74, 6) is -0.118. The number of carbonyl (C=O) groups excluding carboxylic acids is 1. The van der Waals surface area contributed by atoms with Crippen molar-refractivity contribution in [3.63, 3.8) is 0 Å². The molecule has 0 unspecified atom stereocenters. The summed E-state index contributed by atoms with van der Waals surface area (Å²) in [4.78, 5) is 18.9. The van der Waals surface area contributed by atoms with E-state index >= 15 is 0 Å². The summed E-state index contributed by atoms with van der Waals surface area (Å²) in [5, 5.41) is 13.7. The van der Waals surface area contributed by atoms with E-state index in [1.54, 1.807) is 37.4 Å². The van der Waals surface area contributed by atoms with E-state index in [0.717, 1.165) is 16.9 Å². The average Bonchev–Trinajstić information content (AvgIpc) is 3.58. The van der Waals surface area contributed by atoms with Crippen LogP contribution in [0.5, 0.6) is 5.75 Å². The number of hydrogen-bond donors (Lipinski definition) is 0. The molecular weight excluding hydrogens is 472 g/mol. The molecule has 0 spiro atoms. The van der Waals surface area contributed by atoms with Gasteiger partial charge in [-0.05, 0) is 48.7 Å². The molecule has 176 valence electrons. The second-order valence-electron chi connectivity index (χ2n) is 8.29. The molecule has 1 amide bonds. The van der Waals surface area contributed by atoms with Gasteiger partial charge in [0.05, 0.1) is 23.2 Å². The third-order valence-electron chi connectivity index (χ3n) is 5.75. The standard InChI is InChI=1S/C25H19F2N5O2S/c1-31(14-17-12-29-22(11-28)21-13-30-32(35-27)24(17)21)25(33)16-5-8-20(15-3-2-4-18(26)9-15)23(10-16)34-19-6-7-19/h2-5,8-10,12-13,19H,6-7,14H2,1H3. The summed E-state index contributed by atoms with van der Waals surface area (Å²) in [6.07, 6.45) is 4.78. The summed E-state index contributed by atoms with van der Waals surface area (Å²) in [5.41, 5.74) is 2.84. The van der Waals surface area contributed by atoms with Gasteiger partial charge in [0.25, 0.3) is 5.91 Å². The van der Waals surface area contributed by atoms with Crippen LogP contribution in [0.3, 0.4) is 0 Å². The molecule has 1 aliphatic carbocycles. The van der Waals surface area contributed by atoms with Gasteiger partial charge < -0.3 is 9.64 Å². The molecule has 2 heterocycles. The molecule has 5 rings (SSSR count). The number of hydrogen-bond acceptors (Lipinski definition) is 6. The highest BCUT2D eigenvalue weighted by Gasteiger charge is 2.26. The fourth-order valence-electron chi connectivity index (χ4n) is 3.89. The highest BCUT2D eigenvalue weighted by molar-refractivity contribution is 7.92. The number of nitriles is 1. The summed E-state index contributed by atoms with van der Waals surface area (Å²) >= 11 is -0.0941. The van der Waals surface area contributed by atoms with Crippen LogP contribution in [0.2, 0.25) is 0 Å². The largest absolute Gasteiger partial charge is 0.490 e. The van der Waals surface area contributed by atoms with E-state index in [2.05, 4.69) is 10.1 Å². The number of rotatable bonds is 7. The van der Waals surface area contributed by atoms with Crippen LogP contribution < -0.4 is 4.74 Å². The predicted molar refractivity (Wildman–Crippen MR) is 128 cm³/mol. The molecule has 0 radical (unpaired) electrons. The molecule has 0 saturated heterocycles. The van der Waals surface area contributed by atoms with Gasteiger partial charge in [-0.1, -0.05) is 12.1 Å². The van der Waals surface area contributed by atoms with Crippen LogP contribution in [0.4, 0.5) is 8.28 Å². The van der Waals surface area contributed by atoms with E-state index in [-0.39, 0.29) is 42.4 Å². The Hall–Kier alpha value is -3.97. The molecule has 1 saturated carbocycles. The number of benzene rings is 2. The lowest BCUT2D eigenvalue weighted by Gasteiger charge is -2.19. The van der Waals surface area contributed by atoms with Crippen molar-refractivity contribution in [3.05, 3.63) is 77.5 Å². The van der Waals surface area contributed by atoms with Gasteiger partial charge >= 0.3 is 0 Å². The van der Waals surface area contributed by atoms with Crippen molar-refractivity contribution in [1.29, 1.82) is 5.26 Å². The Morgan fingerprint density at radius 1 is 1.29 bits per heavy atom. The van der Waals surface area contributed by atoms with Crippen LogP contribution in [0.1, 0.15) is 34.5 Å². The molecule has 0 bridgehead atoms. The smallest absolute Gasteiger partial charge is 0.254 e. The van der Waals surface area contributed by atoms with Crippen molar-refractivity contribution in [2.45, 2.75) is 25.5 Å². The molecule has 2 aromatic heterocycles. The second-order valence-corrected chi connectivity index (χ2v) is 8.78. The van der Waals surface area contributed by atoms with E-state index in [0.29, 0.717) is 38.9 Å². The van der Waals surface area contributed by atoms with Crippen molar-refractivity contribution < 1.29 is 17.8 Å². The van der Waals surface area contributed by atoms with E-state index in [4.69, 9.17) is 4.74 Å². The summed E-state index contributed by atoms with van der Waals surface area (Å²) < 4.78 is 34.3. The highest BCUT2D eigenvalue weighted by Crippen LogP contribution is 2.36. The molecule has 1 fully saturated rings. The Morgan fingerprint density at radius 3 is 2.83 bits per heavy atom. The average molecular weight is 492 g/mol. The summed E-state index contributed by atoms with van der Waals surface area (Å²) in [6.45, 7) is 0.116. The lowest BCUT2D eigenvalue weighted by Crippen LogP contribution is -2.26. The zero-order chi connectivity index (χ0) is 24.5. The fourth-order valence-corrected chi connectivity index (χ4v) is 4.26. The first-order valence-electron chi connectivity index (χ1n) is 10.9. The van der Waals surface area contributed by atoms with E-state index in [1.807, 2.05) is 6.07 Å². The Balaban J connectivity index is 1.45. The molecule has 0 aliphatic heterocycles. The zero-order valence-electron chi connectivity index (χ0n) is 18.6. The minimum Gasteiger partial charge on any atom is -0.490 e. The Morgan fingerprint density at radius 2 is 2.11 bits per heavy atom. The van der Waals surface area contributed by atoms with Crippen molar-refractivity contribution in [2.75, 3.05) is 7.05 Å². The van der Waals surface area contributed by atoms with Crippen molar-refractivity contribution in [3.8, 4) is 22.9 Å². The molecule has 0 N–H and O–H groups in total. The Labute approximate surface area is 204 Å². The molecule has 2 aromatic carbocycles. The van der Waals surface area contributed by atoms with Crippen LogP contribution in [-0.2, 0) is 6.54 Å². The molecule has 4 aromatic rings. The first kappa shape index (κ1) is 22.8. The first-order valence-corrected chi connectivity index (χ1v) is 11.5. The van der Waals surface area contributed by atoms with Gasteiger partial charge in [0, 0.05) is 36.5 Å². The number of halogens is 2. The summed E-state index contributed by atoms with van der Waals surface area (Å²) in [7, 11) is 1.62. The van der Waals surface area contributed by atoms with Crippen LogP contribution in [0, 0.1) is 17.1 Å². The topological polar surface area (TPSA) is 84.0 Å². The maximum absolute atomic E-state index is 13.8. The maximum Gasteiger partial charge on any atom is 0.254 e. The quantitative estimate of drug-likeness (QED) is 0.349. The number of pyridine rings is 1. The number of nitrogens with zero attached hydrogens (tertiary/aromatic N) is 5. The molecule has 7 nitrogen and oxygen atoms in total. The Bertz CT molecular complexity index is 1480. The van der Waals surface area contributed by atoms with Crippen LogP contribution in [0.15, 0.2) is 54.9 Å². The van der Waals surface area contributed by atoms with Crippen molar-refractivity contribution in [1.82, 2.24) is 19.1 Å². The third kappa shape index (κ3) is 4.55. The molecule has 10 heteroatoms. The van der Waals surface area contributed by atoms with Gasteiger partial charge in [0.1, 0.15) is 17.6 Å². The van der Waals surface area contributed by atoms with Gasteiger partial charge in [0.15, 0.2) is 18.0 Å². The Kier molecular flexibility index (Phi) is 6.09. The fraction of sp³-hybridized carbons (Fsp3) is 0.200. The zero-order valence-corrected chi connectivity index (χ0v) is 19.4. The minimum absolute atomic E-state index is 0.0851. The van der Waals surface area contributed by atoms with Gasteiger partial charge in [0.2, 0.25) is 0 Å². The van der Waals surface area contributed by atoms with Gasteiger partial charge in [-0.15, -0.1) is 3.89 Å². The van der Waals surface area contributed by atoms with Crippen molar-refractivity contribution in [2.24, 2.45) is 0 Å². The molecule has 1 aliphatic rings. The number of carbonyl (C=O) groups is 1. The van der Waals surface area contributed by atoms with Crippen LogP contribution >= 0.6 is 12.3 Å². The minimum atomic E-state index is -0.354. The number of amides is 1. The van der Waals surface area contributed by atoms with Crippen LogP contribution in [0.25, 0.3) is 22.0 Å². The van der Waals surface area contributed by atoms with Gasteiger partial charge in [-0.25, -0.2) is 9.37 Å². The second kappa shape index (κ2) is 9.35. The lowest BCUT2D eigenvalue weighted by molar-refractivity contribution is 0.0785. The SMILES string of the molecule is CN(Cc1cnc(C#N)c2cnn(SF)c12)C(=O)c1ccc(-c2cccc(F)c2)c(OC2CC2)c1. The number of ether oxygens (including phenoxy) is 1. The monoisotopic (exact) mass is 491 g/mol. The third-order valence-corrected chi connectivity index (χ3v) is 6.16. The maximum atomic E-state index is 13.8. The van der Waals surface area contributed by atoms with E-state index in [9.17, 15) is 18.3 Å². The summed E-state index contributed by atoms with van der Waals surface area (Å²) in [6, 6.07) is 13.3. The lowest BCUT2D eigenvalue weighted by atomic mass is 10.0. The first-order chi connectivity index (χ1) is 17.0. The van der Waals surface area contributed by atoms with E-state index < -0.39 is 0 Å². The van der Waals surface area contributed by atoms with Crippen LogP contribution in [-0.4, -0.2) is 38.1 Å². The predicted octanol–water partition coefficient (Wildman–Crippen LogP) is 5.30. The molecule has 35 heavy (non-hydrogen) atoms. The van der Waals surface area contributed by atoms with Gasteiger partial charge in [-0.3, -0.25) is 4.79 Å². The van der Waals surface area contributed by atoms with E-state index in [1.165, 1.54) is 29.4 Å². The normalized spacial score (nSPS) is 13.0. The number of fused-ring (bicyclic) bond motifs is 1. The number of aromatic nitrogens is 3. The van der Waals surface area contributed by atoms with Crippen molar-refractivity contribution >= 4 is 29.1 Å².